The van der Waals surface area contributed by atoms with E-state index in [2.05, 4.69) is 191 Å². The number of carbonyl (C=O) groups excluding carboxylic acids is 3. The minimum absolute atomic E-state index is 0.0882. The number of aliphatic hydroxyl groups excluding tert-OH is 2. The zero-order valence-corrected chi connectivity index (χ0v) is 74.2. The normalized spacial score (nSPS) is 14.6. The van der Waals surface area contributed by atoms with Crippen LogP contribution in [0.15, 0.2) is 170 Å². The molecule has 18 heteroatoms. The summed E-state index contributed by atoms with van der Waals surface area (Å²) in [6, 6.07) is 0. The first-order valence-corrected chi connectivity index (χ1v) is 48.4. The van der Waals surface area contributed by atoms with Crippen molar-refractivity contribution in [1.29, 1.82) is 0 Å². The lowest BCUT2D eigenvalue weighted by Gasteiger charge is -2.21. The first kappa shape index (κ1) is 110. The number of carbonyl (C=O) groups is 3. The number of rotatable bonds is 85. The van der Waals surface area contributed by atoms with Crippen LogP contribution in [0.25, 0.3) is 0 Å². The minimum atomic E-state index is -4.95. The van der Waals surface area contributed by atoms with Crippen LogP contribution in [-0.4, -0.2) is 95.9 Å². The largest absolute Gasteiger partial charge is 0.472 e. The van der Waals surface area contributed by atoms with Gasteiger partial charge in [-0.2, -0.15) is 0 Å². The average molecular weight is 1650 g/mol. The monoisotopic (exact) mass is 1650 g/mol. The van der Waals surface area contributed by atoms with E-state index >= 15 is 0 Å². The fourth-order valence-corrected chi connectivity index (χ4v) is 13.6. The number of unbranched alkanes of at least 4 members (excludes halogenated alkanes) is 34. The second kappa shape index (κ2) is 88.2. The lowest BCUT2D eigenvalue weighted by atomic mass is 10.0. The smallest absolute Gasteiger partial charge is 0.463 e. The number of allylic oxidation sites excluding steroid dienone is 28. The molecule has 0 aliphatic carbocycles. The summed E-state index contributed by atoms with van der Waals surface area (Å²) < 4.78 is 61.5. The minimum Gasteiger partial charge on any atom is -0.463 e. The maximum absolute atomic E-state index is 13.1. The molecule has 5 atom stereocenters. The van der Waals surface area contributed by atoms with E-state index in [4.69, 9.17) is 32.3 Å². The van der Waals surface area contributed by atoms with Crippen molar-refractivity contribution < 1.29 is 75.8 Å². The molecule has 16 nitrogen and oxygen atoms in total. The first-order valence-electron chi connectivity index (χ1n) is 45.4. The zero-order valence-electron chi connectivity index (χ0n) is 72.4. The molecule has 4 N–H and O–H groups in total. The number of aliphatic hydroxyl groups is 2. The van der Waals surface area contributed by atoms with Gasteiger partial charge in [0.15, 0.2) is 6.10 Å². The molecule has 0 saturated heterocycles. The molecule has 0 spiro atoms. The highest BCUT2D eigenvalue weighted by Gasteiger charge is 2.29. The van der Waals surface area contributed by atoms with Crippen LogP contribution in [0, 0.1) is 0 Å². The molecule has 0 aliphatic heterocycles. The number of phosphoric acid groups is 2. The summed E-state index contributed by atoms with van der Waals surface area (Å²) in [7, 11) is -9.82. The maximum Gasteiger partial charge on any atom is 0.472 e. The summed E-state index contributed by atoms with van der Waals surface area (Å²) in [6.07, 6.45) is 114. The number of hydrogen-bond acceptors (Lipinski definition) is 14. The molecule has 0 heterocycles. The fraction of sp³-hybridized carbons (Fsp3) is 0.680. The summed E-state index contributed by atoms with van der Waals surface area (Å²) in [5.41, 5.74) is 0. The van der Waals surface area contributed by atoms with Gasteiger partial charge >= 0.3 is 33.6 Å². The van der Waals surface area contributed by atoms with E-state index in [1.807, 2.05) is 0 Å². The van der Waals surface area contributed by atoms with E-state index < -0.39 is 91.5 Å². The van der Waals surface area contributed by atoms with Gasteiger partial charge in [0.25, 0.3) is 0 Å². The molecule has 0 saturated carbocycles. The van der Waals surface area contributed by atoms with E-state index in [1.165, 1.54) is 135 Å². The van der Waals surface area contributed by atoms with Gasteiger partial charge in [-0.1, -0.05) is 358 Å². The van der Waals surface area contributed by atoms with Crippen LogP contribution in [0.3, 0.4) is 0 Å². The predicted molar refractivity (Wildman–Crippen MR) is 482 cm³/mol. The average Bonchev–Trinajstić information content (AvgIpc) is 0.926. The van der Waals surface area contributed by atoms with Crippen molar-refractivity contribution in [3.8, 4) is 0 Å². The molecule has 0 aromatic heterocycles. The molecule has 0 aromatic rings. The van der Waals surface area contributed by atoms with Crippen LogP contribution in [0.1, 0.15) is 367 Å². The molecule has 5 unspecified atom stereocenters. The van der Waals surface area contributed by atoms with Crippen molar-refractivity contribution in [2.45, 2.75) is 386 Å². The van der Waals surface area contributed by atoms with Gasteiger partial charge in [-0.25, -0.2) is 9.13 Å². The lowest BCUT2D eigenvalue weighted by Crippen LogP contribution is -2.30. The Balaban J connectivity index is 4.68. The third kappa shape index (κ3) is 89.5. The number of phosphoric ester groups is 2. The first-order chi connectivity index (χ1) is 56.2. The van der Waals surface area contributed by atoms with E-state index in [-0.39, 0.29) is 19.3 Å². The van der Waals surface area contributed by atoms with Gasteiger partial charge in [-0.05, 0) is 161 Å². The number of hydrogen-bond donors (Lipinski definition) is 4. The van der Waals surface area contributed by atoms with Gasteiger partial charge in [0, 0.05) is 19.3 Å². The molecule has 0 bridgehead atoms. The third-order valence-electron chi connectivity index (χ3n) is 18.9. The Labute approximate surface area is 701 Å². The molecule has 658 valence electrons. The van der Waals surface area contributed by atoms with Gasteiger partial charge in [0.05, 0.1) is 26.4 Å². The molecule has 0 aliphatic rings. The third-order valence-corrected chi connectivity index (χ3v) is 20.8. The van der Waals surface area contributed by atoms with Crippen molar-refractivity contribution in [2.24, 2.45) is 0 Å². The standard InChI is InChI=1S/C97H164O16P2/c1-4-7-10-13-16-19-22-25-28-31-34-37-40-43-44-45-46-49-51-53-56-59-62-65-68-71-74-77-80-83-95(100)107-86-92(98)87-109-114(103,104)110-88-93(99)89-111-115(105,106)112-91-94(113-97(102)85-82-79-76-73-70-67-64-61-58-55-52-48-42-39-36-33-30-27-24-21-18-15-12-9-6-3)90-108-96(101)84-81-78-75-72-69-66-63-60-57-54-50-47-41-38-35-32-29-26-23-20-17-14-11-8-5-2/h8,11,16-21,25-30,34-39,43-44,47-48,50,52,57,60,92-94,98-99H,4-7,9-10,12-15,22-24,31-33,40-42,45-46,49,51,53-56,58-59,61-91H2,1-3H3,(H,103,104)(H,105,106)/b11-8-,19-16-,20-17-,21-18-,28-25-,29-26-,30-27-,37-34-,38-35-,39-36-,44-43-,50-47-,52-48-,60-57-. The molecular weight excluding hydrogens is 1480 g/mol. The SMILES string of the molecule is CC/C=C\C/C=C\C/C=C\C/C=C\C/C=C\C/C=C\CCCCCCCCC(=O)OCC(COP(=O)(O)OCC(O)COP(=O)(O)OCC(O)COC(=O)CCCCCCCCCCCCCCC/C=C\C/C=C\C/C=C\C/C=C\CCCCC)OC(=O)CCCCCCCCCCC/C=C\C/C=C\C/C=C\C/C=C\CCCCC. The van der Waals surface area contributed by atoms with Crippen molar-refractivity contribution in [1.82, 2.24) is 0 Å². The quantitative estimate of drug-likeness (QED) is 0.0146. The molecule has 0 radical (unpaired) electrons. The van der Waals surface area contributed by atoms with E-state index in [0.29, 0.717) is 19.3 Å². The number of ether oxygens (including phenoxy) is 3. The van der Waals surface area contributed by atoms with E-state index in [9.17, 15) is 43.5 Å². The summed E-state index contributed by atoms with van der Waals surface area (Å²) in [5.74, 6) is -1.60. The van der Waals surface area contributed by atoms with Crippen molar-refractivity contribution >= 4 is 33.6 Å². The molecular formula is C97H164O16P2. The van der Waals surface area contributed by atoms with Crippen LogP contribution in [0.2, 0.25) is 0 Å². The van der Waals surface area contributed by atoms with Crippen molar-refractivity contribution in [3.05, 3.63) is 170 Å². The highest BCUT2D eigenvalue weighted by Crippen LogP contribution is 2.45. The maximum atomic E-state index is 13.1. The highest BCUT2D eigenvalue weighted by atomic mass is 31.2. The second-order valence-electron chi connectivity index (χ2n) is 30.0. The Morgan fingerprint density at radius 2 is 0.461 bits per heavy atom. The van der Waals surface area contributed by atoms with Gasteiger partial charge in [0.1, 0.15) is 25.4 Å². The van der Waals surface area contributed by atoms with Gasteiger partial charge in [-0.3, -0.25) is 32.5 Å². The molecule has 0 amide bonds. The van der Waals surface area contributed by atoms with Crippen LogP contribution < -0.4 is 0 Å². The Morgan fingerprint density at radius 3 is 0.730 bits per heavy atom. The summed E-state index contributed by atoms with van der Waals surface area (Å²) in [4.78, 5) is 59.0. The Kier molecular flexibility index (Phi) is 84.3. The van der Waals surface area contributed by atoms with E-state index in [0.717, 1.165) is 173 Å². The van der Waals surface area contributed by atoms with E-state index in [1.54, 1.807) is 0 Å². The summed E-state index contributed by atoms with van der Waals surface area (Å²) in [5, 5.41) is 20.7. The molecule has 0 rings (SSSR count). The Hall–Kier alpha value is -5.09. The molecule has 0 fully saturated rings. The summed E-state index contributed by atoms with van der Waals surface area (Å²) in [6.45, 7) is 2.52. The topological polar surface area (TPSA) is 231 Å². The second-order valence-corrected chi connectivity index (χ2v) is 32.9. The Morgan fingerprint density at radius 1 is 0.252 bits per heavy atom. The van der Waals surface area contributed by atoms with Crippen molar-refractivity contribution in [2.75, 3.05) is 39.6 Å². The number of esters is 3. The van der Waals surface area contributed by atoms with Gasteiger partial charge in [-0.15, -0.1) is 0 Å². The Bertz CT molecular complexity index is 2770. The van der Waals surface area contributed by atoms with Crippen LogP contribution in [0.5, 0.6) is 0 Å². The van der Waals surface area contributed by atoms with Crippen LogP contribution >= 0.6 is 15.6 Å². The molecule has 0 aromatic carbocycles. The van der Waals surface area contributed by atoms with Crippen LogP contribution in [0.4, 0.5) is 0 Å². The van der Waals surface area contributed by atoms with Gasteiger partial charge < -0.3 is 34.2 Å². The fourth-order valence-electron chi connectivity index (χ4n) is 12.0. The van der Waals surface area contributed by atoms with Gasteiger partial charge in [0.2, 0.25) is 0 Å². The van der Waals surface area contributed by atoms with Crippen LogP contribution in [-0.2, 0) is 55.8 Å². The zero-order chi connectivity index (χ0) is 83.6. The highest BCUT2D eigenvalue weighted by molar-refractivity contribution is 7.47. The predicted octanol–water partition coefficient (Wildman–Crippen LogP) is 27.9. The molecule has 115 heavy (non-hydrogen) atoms. The van der Waals surface area contributed by atoms with Crippen molar-refractivity contribution in [3.63, 3.8) is 0 Å². The summed E-state index contributed by atoms with van der Waals surface area (Å²) >= 11 is 0. The lowest BCUT2D eigenvalue weighted by molar-refractivity contribution is -0.161.